The van der Waals surface area contributed by atoms with Crippen LogP contribution in [0, 0.1) is 0 Å². The molecule has 0 fully saturated rings. The minimum absolute atomic E-state index is 0.251. The molecule has 0 amide bonds. The molecule has 0 aliphatic heterocycles. The minimum Gasteiger partial charge on any atom is -0.462 e. The molecule has 0 aliphatic rings. The Hall–Kier alpha value is -3.35. The lowest BCUT2D eigenvalue weighted by Crippen LogP contribution is -2.34. The molecule has 0 aliphatic carbocycles. The molecule has 7 heteroatoms. The van der Waals surface area contributed by atoms with Crippen LogP contribution in [0.4, 0.5) is 4.79 Å². The average Bonchev–Trinajstić information content (AvgIpc) is 2.92. The molecule has 7 nitrogen and oxygen atoms in total. The molecule has 1 heterocycles. The first-order valence-electron chi connectivity index (χ1n) is 8.96. The summed E-state index contributed by atoms with van der Waals surface area (Å²) < 4.78 is 12.8. The zero-order chi connectivity index (χ0) is 20.5. The van der Waals surface area contributed by atoms with Gasteiger partial charge in [-0.3, -0.25) is 4.57 Å². The Labute approximate surface area is 162 Å². The average molecular weight is 382 g/mol. The SMILES string of the molecule is CCOC(=O)c1cccc(-n2c(=O)n(C(=O)OC(C)(C)C)c3ccccc32)c1. The highest BCUT2D eigenvalue weighted by Gasteiger charge is 2.24. The first kappa shape index (κ1) is 19.4. The van der Waals surface area contributed by atoms with E-state index in [-0.39, 0.29) is 6.61 Å². The fourth-order valence-corrected chi connectivity index (χ4v) is 2.87. The van der Waals surface area contributed by atoms with Gasteiger partial charge >= 0.3 is 17.8 Å². The van der Waals surface area contributed by atoms with Crippen molar-refractivity contribution in [2.24, 2.45) is 0 Å². The van der Waals surface area contributed by atoms with Gasteiger partial charge < -0.3 is 9.47 Å². The van der Waals surface area contributed by atoms with E-state index in [1.54, 1.807) is 76.2 Å². The van der Waals surface area contributed by atoms with E-state index in [1.165, 1.54) is 4.57 Å². The van der Waals surface area contributed by atoms with Gasteiger partial charge in [-0.2, -0.15) is 4.57 Å². The maximum absolute atomic E-state index is 13.1. The van der Waals surface area contributed by atoms with Gasteiger partial charge in [0.1, 0.15) is 5.60 Å². The first-order chi connectivity index (χ1) is 13.2. The maximum atomic E-state index is 13.1. The number of hydrogen-bond donors (Lipinski definition) is 0. The van der Waals surface area contributed by atoms with Crippen molar-refractivity contribution in [3.8, 4) is 5.69 Å². The third-order valence-electron chi connectivity index (χ3n) is 3.94. The number of carbonyl (C=O) groups is 2. The van der Waals surface area contributed by atoms with Gasteiger partial charge in [0.15, 0.2) is 0 Å². The fraction of sp³-hybridized carbons (Fsp3) is 0.286. The normalized spacial score (nSPS) is 11.4. The minimum atomic E-state index is -0.756. The van der Waals surface area contributed by atoms with Gasteiger partial charge in [-0.25, -0.2) is 14.4 Å². The van der Waals surface area contributed by atoms with Crippen LogP contribution in [-0.2, 0) is 9.47 Å². The van der Waals surface area contributed by atoms with Crippen molar-refractivity contribution in [3.63, 3.8) is 0 Å². The van der Waals surface area contributed by atoms with Crippen LogP contribution in [0.5, 0.6) is 0 Å². The largest absolute Gasteiger partial charge is 0.462 e. The van der Waals surface area contributed by atoms with Gasteiger partial charge in [-0.05, 0) is 58.0 Å². The molecule has 3 aromatic rings. The highest BCUT2D eigenvalue weighted by molar-refractivity contribution is 5.91. The van der Waals surface area contributed by atoms with Crippen molar-refractivity contribution in [2.45, 2.75) is 33.3 Å². The van der Waals surface area contributed by atoms with Crippen LogP contribution >= 0.6 is 0 Å². The van der Waals surface area contributed by atoms with Gasteiger partial charge in [-0.1, -0.05) is 18.2 Å². The quantitative estimate of drug-likeness (QED) is 0.645. The second-order valence-corrected chi connectivity index (χ2v) is 7.19. The van der Waals surface area contributed by atoms with Gasteiger partial charge in [0, 0.05) is 0 Å². The summed E-state index contributed by atoms with van der Waals surface area (Å²) in [7, 11) is 0. The standard InChI is InChI=1S/C21H22N2O5/c1-5-27-18(24)14-9-8-10-15(13-14)22-16-11-6-7-12-17(16)23(19(22)25)20(26)28-21(2,3)4/h6-13H,5H2,1-4H3. The second kappa shape index (κ2) is 7.34. The predicted molar refractivity (Wildman–Crippen MR) is 105 cm³/mol. The van der Waals surface area contributed by atoms with E-state index >= 15 is 0 Å². The van der Waals surface area contributed by atoms with Crippen molar-refractivity contribution in [1.82, 2.24) is 9.13 Å². The number of esters is 1. The van der Waals surface area contributed by atoms with Crippen molar-refractivity contribution in [3.05, 3.63) is 64.6 Å². The highest BCUT2D eigenvalue weighted by Crippen LogP contribution is 2.20. The maximum Gasteiger partial charge on any atom is 0.423 e. The zero-order valence-corrected chi connectivity index (χ0v) is 16.3. The molecular formula is C21H22N2O5. The second-order valence-electron chi connectivity index (χ2n) is 7.19. The van der Waals surface area contributed by atoms with Crippen molar-refractivity contribution in [2.75, 3.05) is 6.61 Å². The molecule has 2 aromatic carbocycles. The number of benzene rings is 2. The van der Waals surface area contributed by atoms with Crippen LogP contribution in [0.15, 0.2) is 53.3 Å². The summed E-state index contributed by atoms with van der Waals surface area (Å²) in [5, 5.41) is 0. The molecule has 0 bridgehead atoms. The number of rotatable bonds is 3. The molecule has 0 spiro atoms. The summed E-state index contributed by atoms with van der Waals surface area (Å²) in [5.74, 6) is -0.478. The molecule has 0 atom stereocenters. The van der Waals surface area contributed by atoms with Gasteiger partial charge in [0.2, 0.25) is 0 Å². The molecule has 0 saturated carbocycles. The van der Waals surface area contributed by atoms with E-state index in [9.17, 15) is 14.4 Å². The van der Waals surface area contributed by atoms with Gasteiger partial charge in [-0.15, -0.1) is 0 Å². The number of fused-ring (bicyclic) bond motifs is 1. The summed E-state index contributed by atoms with van der Waals surface area (Å²) in [6.45, 7) is 7.18. The van der Waals surface area contributed by atoms with Gasteiger partial charge in [0.25, 0.3) is 0 Å². The molecule has 3 rings (SSSR count). The van der Waals surface area contributed by atoms with E-state index < -0.39 is 23.4 Å². The third kappa shape index (κ3) is 3.69. The lowest BCUT2D eigenvalue weighted by Gasteiger charge is -2.19. The molecule has 0 N–H and O–H groups in total. The Kier molecular flexibility index (Phi) is 5.09. The summed E-state index contributed by atoms with van der Waals surface area (Å²) >= 11 is 0. The van der Waals surface area contributed by atoms with Crippen LogP contribution in [0.1, 0.15) is 38.1 Å². The van der Waals surface area contributed by atoms with Gasteiger partial charge in [0.05, 0.1) is 28.9 Å². The van der Waals surface area contributed by atoms with Crippen LogP contribution in [0.3, 0.4) is 0 Å². The third-order valence-corrected chi connectivity index (χ3v) is 3.94. The molecule has 146 valence electrons. The topological polar surface area (TPSA) is 79.5 Å². The van der Waals surface area contributed by atoms with Crippen LogP contribution < -0.4 is 5.69 Å². The summed E-state index contributed by atoms with van der Waals surface area (Å²) in [5.41, 5.74) is 0.400. The molecule has 0 unspecified atom stereocenters. The number of imidazole rings is 1. The molecule has 1 aromatic heterocycles. The van der Waals surface area contributed by atoms with Crippen LogP contribution in [0.2, 0.25) is 0 Å². The van der Waals surface area contributed by atoms with E-state index in [0.717, 1.165) is 4.57 Å². The van der Waals surface area contributed by atoms with Crippen molar-refractivity contribution in [1.29, 1.82) is 0 Å². The number of nitrogens with zero attached hydrogens (tertiary/aromatic N) is 2. The van der Waals surface area contributed by atoms with E-state index in [2.05, 4.69) is 0 Å². The van der Waals surface area contributed by atoms with E-state index in [1.807, 2.05) is 0 Å². The molecule has 28 heavy (non-hydrogen) atoms. The van der Waals surface area contributed by atoms with Crippen LogP contribution in [0.25, 0.3) is 16.7 Å². The van der Waals surface area contributed by atoms with E-state index in [4.69, 9.17) is 9.47 Å². The van der Waals surface area contributed by atoms with E-state index in [0.29, 0.717) is 22.3 Å². The smallest absolute Gasteiger partial charge is 0.423 e. The summed E-state index contributed by atoms with van der Waals surface area (Å²) in [6.07, 6.45) is -0.756. The fourth-order valence-electron chi connectivity index (χ4n) is 2.87. The van der Waals surface area contributed by atoms with Crippen molar-refractivity contribution < 1.29 is 19.1 Å². The number of hydrogen-bond acceptors (Lipinski definition) is 5. The lowest BCUT2D eigenvalue weighted by atomic mass is 10.2. The molecular weight excluding hydrogens is 360 g/mol. The zero-order valence-electron chi connectivity index (χ0n) is 16.3. The number of para-hydroxylation sites is 2. The number of ether oxygens (including phenoxy) is 2. The summed E-state index contributed by atoms with van der Waals surface area (Å²) in [6, 6.07) is 13.4. The Morgan fingerprint density at radius 3 is 2.32 bits per heavy atom. The molecule has 0 radical (unpaired) electrons. The lowest BCUT2D eigenvalue weighted by molar-refractivity contribution is 0.0519. The monoisotopic (exact) mass is 382 g/mol. The van der Waals surface area contributed by atoms with Crippen molar-refractivity contribution >= 4 is 23.1 Å². The Balaban J connectivity index is 2.20. The molecule has 0 saturated heterocycles. The summed E-state index contributed by atoms with van der Waals surface area (Å²) in [4.78, 5) is 37.8. The van der Waals surface area contributed by atoms with Crippen LogP contribution in [-0.4, -0.2) is 33.4 Å². The Morgan fingerprint density at radius 1 is 1.00 bits per heavy atom. The first-order valence-corrected chi connectivity index (χ1v) is 8.96. The Morgan fingerprint density at radius 2 is 1.68 bits per heavy atom. The number of aromatic nitrogens is 2. The highest BCUT2D eigenvalue weighted by atomic mass is 16.6. The number of carbonyl (C=O) groups excluding carboxylic acids is 2. The predicted octanol–water partition coefficient (Wildman–Crippen LogP) is 3.75. The Bertz CT molecular complexity index is 1100.